The summed E-state index contributed by atoms with van der Waals surface area (Å²) in [6, 6.07) is 17.3. The molecule has 4 heteroatoms. The molecular weight excluding hydrogens is 262 g/mol. The van der Waals surface area contributed by atoms with Crippen LogP contribution in [0.15, 0.2) is 48.5 Å². The number of hydrogen-bond donors (Lipinski definition) is 1. The van der Waals surface area contributed by atoms with Gasteiger partial charge >= 0.3 is 0 Å². The van der Waals surface area contributed by atoms with Crippen molar-refractivity contribution < 1.29 is 4.79 Å². The van der Waals surface area contributed by atoms with Gasteiger partial charge in [0.2, 0.25) is 5.91 Å². The van der Waals surface area contributed by atoms with Crippen LogP contribution in [0, 0.1) is 11.3 Å². The Morgan fingerprint density at radius 1 is 1.19 bits per heavy atom. The van der Waals surface area contributed by atoms with Gasteiger partial charge in [-0.05, 0) is 30.2 Å². The van der Waals surface area contributed by atoms with E-state index in [-0.39, 0.29) is 5.91 Å². The molecule has 1 aliphatic heterocycles. The van der Waals surface area contributed by atoms with Crippen molar-refractivity contribution >= 4 is 17.3 Å². The molecule has 1 aliphatic rings. The molecule has 1 heterocycles. The second-order valence-corrected chi connectivity index (χ2v) is 5.01. The predicted molar refractivity (Wildman–Crippen MR) is 82.1 cm³/mol. The molecule has 3 rings (SSSR count). The van der Waals surface area contributed by atoms with Gasteiger partial charge in [0.1, 0.15) is 6.07 Å². The molecule has 0 radical (unpaired) electrons. The summed E-state index contributed by atoms with van der Waals surface area (Å²) in [5.74, 6) is -0.102. The zero-order chi connectivity index (χ0) is 14.7. The molecule has 2 aromatic carbocycles. The predicted octanol–water partition coefficient (Wildman–Crippen LogP) is 2.56. The maximum atomic E-state index is 12.2. The van der Waals surface area contributed by atoms with Crippen LogP contribution in [-0.2, 0) is 11.2 Å². The first kappa shape index (κ1) is 13.2. The second-order valence-electron chi connectivity index (χ2n) is 5.01. The van der Waals surface area contributed by atoms with Crippen LogP contribution in [0.3, 0.4) is 0 Å². The summed E-state index contributed by atoms with van der Waals surface area (Å²) in [6.45, 7) is 1.16. The Labute approximate surface area is 123 Å². The van der Waals surface area contributed by atoms with E-state index >= 15 is 0 Å². The lowest BCUT2D eigenvalue weighted by Crippen LogP contribution is -2.32. The molecule has 0 aromatic heterocycles. The fraction of sp³-hybridized carbons (Fsp3) is 0.176. The van der Waals surface area contributed by atoms with Gasteiger partial charge in [-0.15, -0.1) is 0 Å². The van der Waals surface area contributed by atoms with Crippen molar-refractivity contribution in [1.82, 2.24) is 0 Å². The molecule has 2 aromatic rings. The van der Waals surface area contributed by atoms with E-state index in [0.717, 1.165) is 18.7 Å². The van der Waals surface area contributed by atoms with Crippen molar-refractivity contribution in [1.29, 1.82) is 5.26 Å². The Balaban J connectivity index is 1.70. The van der Waals surface area contributed by atoms with Crippen LogP contribution in [0.2, 0.25) is 0 Å². The van der Waals surface area contributed by atoms with Crippen LogP contribution < -0.4 is 10.2 Å². The van der Waals surface area contributed by atoms with E-state index < -0.39 is 0 Å². The fourth-order valence-electron chi connectivity index (χ4n) is 2.62. The van der Waals surface area contributed by atoms with Crippen LogP contribution in [-0.4, -0.2) is 19.0 Å². The SMILES string of the molecule is N#Cc1ccccc1NC(=O)CN1CCc2ccccc21. The van der Waals surface area contributed by atoms with Crippen LogP contribution in [0.4, 0.5) is 11.4 Å². The average molecular weight is 277 g/mol. The van der Waals surface area contributed by atoms with Crippen LogP contribution in [0.25, 0.3) is 0 Å². The number of carbonyl (C=O) groups excluding carboxylic acids is 1. The molecule has 0 unspecified atom stereocenters. The Morgan fingerprint density at radius 2 is 1.95 bits per heavy atom. The number of benzene rings is 2. The summed E-state index contributed by atoms with van der Waals surface area (Å²) in [5.41, 5.74) is 3.45. The molecule has 0 fully saturated rings. The third-order valence-electron chi connectivity index (χ3n) is 3.64. The molecule has 0 saturated heterocycles. The molecule has 4 nitrogen and oxygen atoms in total. The number of nitriles is 1. The standard InChI is InChI=1S/C17H15N3O/c18-11-14-6-1-3-7-15(14)19-17(21)12-20-10-9-13-5-2-4-8-16(13)20/h1-8H,9-10,12H2,(H,19,21). The zero-order valence-electron chi connectivity index (χ0n) is 11.5. The van der Waals surface area contributed by atoms with Crippen molar-refractivity contribution in [3.8, 4) is 6.07 Å². The topological polar surface area (TPSA) is 56.1 Å². The number of carbonyl (C=O) groups is 1. The zero-order valence-corrected chi connectivity index (χ0v) is 11.5. The van der Waals surface area contributed by atoms with E-state index in [0.29, 0.717) is 17.8 Å². The smallest absolute Gasteiger partial charge is 0.243 e. The highest BCUT2D eigenvalue weighted by Crippen LogP contribution is 2.27. The van der Waals surface area contributed by atoms with Crippen molar-refractivity contribution in [3.05, 3.63) is 59.7 Å². The fourth-order valence-corrected chi connectivity index (χ4v) is 2.62. The van der Waals surface area contributed by atoms with Gasteiger partial charge in [-0.2, -0.15) is 5.26 Å². The lowest BCUT2D eigenvalue weighted by molar-refractivity contribution is -0.115. The molecule has 1 N–H and O–H groups in total. The van der Waals surface area contributed by atoms with Gasteiger partial charge in [0.05, 0.1) is 17.8 Å². The van der Waals surface area contributed by atoms with Crippen LogP contribution >= 0.6 is 0 Å². The normalized spacial score (nSPS) is 12.6. The molecular formula is C17H15N3O. The molecule has 0 spiro atoms. The van der Waals surface area contributed by atoms with Crippen molar-refractivity contribution in [2.75, 3.05) is 23.3 Å². The number of fused-ring (bicyclic) bond motifs is 1. The molecule has 0 saturated carbocycles. The van der Waals surface area contributed by atoms with Crippen molar-refractivity contribution in [2.45, 2.75) is 6.42 Å². The highest BCUT2D eigenvalue weighted by Gasteiger charge is 2.20. The van der Waals surface area contributed by atoms with Crippen LogP contribution in [0.1, 0.15) is 11.1 Å². The summed E-state index contributed by atoms with van der Waals surface area (Å²) >= 11 is 0. The van der Waals surface area contributed by atoms with Crippen molar-refractivity contribution in [2.24, 2.45) is 0 Å². The van der Waals surface area contributed by atoms with Crippen molar-refractivity contribution in [3.63, 3.8) is 0 Å². The molecule has 0 aliphatic carbocycles. The lowest BCUT2D eigenvalue weighted by Gasteiger charge is -2.18. The summed E-state index contributed by atoms with van der Waals surface area (Å²) in [7, 11) is 0. The number of rotatable bonds is 3. The third-order valence-corrected chi connectivity index (χ3v) is 3.64. The quantitative estimate of drug-likeness (QED) is 0.938. The molecule has 21 heavy (non-hydrogen) atoms. The third kappa shape index (κ3) is 2.72. The van der Waals surface area contributed by atoms with Gasteiger partial charge in [-0.3, -0.25) is 4.79 Å². The first-order chi connectivity index (χ1) is 10.3. The number of amides is 1. The minimum Gasteiger partial charge on any atom is -0.362 e. The summed E-state index contributed by atoms with van der Waals surface area (Å²) in [6.07, 6.45) is 0.970. The molecule has 0 bridgehead atoms. The minimum absolute atomic E-state index is 0.102. The van der Waals surface area contributed by atoms with Gasteiger partial charge in [0.25, 0.3) is 0 Å². The van der Waals surface area contributed by atoms with Gasteiger partial charge < -0.3 is 10.2 Å². The van der Waals surface area contributed by atoms with E-state index in [1.165, 1.54) is 5.56 Å². The van der Waals surface area contributed by atoms with E-state index in [2.05, 4.69) is 22.4 Å². The van der Waals surface area contributed by atoms with Gasteiger partial charge in [0, 0.05) is 12.2 Å². The van der Waals surface area contributed by atoms with E-state index in [4.69, 9.17) is 5.26 Å². The lowest BCUT2D eigenvalue weighted by atomic mass is 10.2. The number of nitrogens with one attached hydrogen (secondary N) is 1. The van der Waals surface area contributed by atoms with Crippen LogP contribution in [0.5, 0.6) is 0 Å². The summed E-state index contributed by atoms with van der Waals surface area (Å²) in [5, 5.41) is 11.9. The first-order valence-corrected chi connectivity index (χ1v) is 6.90. The Kier molecular flexibility index (Phi) is 3.57. The number of hydrogen-bond acceptors (Lipinski definition) is 3. The Hall–Kier alpha value is -2.80. The Bertz CT molecular complexity index is 718. The van der Waals surface area contributed by atoms with Gasteiger partial charge in [-0.25, -0.2) is 0 Å². The van der Waals surface area contributed by atoms with Gasteiger partial charge in [0.15, 0.2) is 0 Å². The van der Waals surface area contributed by atoms with E-state index in [1.807, 2.05) is 24.3 Å². The second kappa shape index (κ2) is 5.68. The van der Waals surface area contributed by atoms with E-state index in [1.54, 1.807) is 18.2 Å². The Morgan fingerprint density at radius 3 is 2.81 bits per heavy atom. The number of nitrogens with zero attached hydrogens (tertiary/aromatic N) is 2. The first-order valence-electron chi connectivity index (χ1n) is 6.90. The van der Waals surface area contributed by atoms with E-state index in [9.17, 15) is 4.79 Å². The molecule has 104 valence electrons. The maximum absolute atomic E-state index is 12.2. The monoisotopic (exact) mass is 277 g/mol. The molecule has 0 atom stereocenters. The molecule has 1 amide bonds. The number of para-hydroxylation sites is 2. The highest BCUT2D eigenvalue weighted by atomic mass is 16.2. The van der Waals surface area contributed by atoms with Gasteiger partial charge in [-0.1, -0.05) is 30.3 Å². The number of anilines is 2. The average Bonchev–Trinajstić information content (AvgIpc) is 2.91. The summed E-state index contributed by atoms with van der Waals surface area (Å²) in [4.78, 5) is 14.3. The maximum Gasteiger partial charge on any atom is 0.243 e. The minimum atomic E-state index is -0.102. The summed E-state index contributed by atoms with van der Waals surface area (Å²) < 4.78 is 0. The highest BCUT2D eigenvalue weighted by molar-refractivity contribution is 5.95. The largest absolute Gasteiger partial charge is 0.362 e.